The van der Waals surface area contributed by atoms with Gasteiger partial charge in [-0.1, -0.05) is 32.0 Å². The van der Waals surface area contributed by atoms with Crippen molar-refractivity contribution in [1.29, 1.82) is 0 Å². The highest BCUT2D eigenvalue weighted by molar-refractivity contribution is 5.21. The maximum atomic E-state index is 13.9. The SMILES string of the molecule is CCC(c1ccccc1F)N1CCC(N)C(C)C1. The summed E-state index contributed by atoms with van der Waals surface area (Å²) in [6.07, 6.45) is 1.94. The fraction of sp³-hybridized carbons (Fsp3) is 0.600. The second-order valence-corrected chi connectivity index (χ2v) is 5.37. The summed E-state index contributed by atoms with van der Waals surface area (Å²) < 4.78 is 13.9. The van der Waals surface area contributed by atoms with E-state index >= 15 is 0 Å². The first-order chi connectivity index (χ1) is 8.63. The second-order valence-electron chi connectivity index (χ2n) is 5.37. The minimum atomic E-state index is -0.0909. The van der Waals surface area contributed by atoms with E-state index in [1.807, 2.05) is 12.1 Å². The van der Waals surface area contributed by atoms with Crippen LogP contribution in [0.3, 0.4) is 0 Å². The Bertz CT molecular complexity index is 394. The standard InChI is InChI=1S/C15H23FN2/c1-3-15(12-6-4-5-7-13(12)16)18-9-8-14(17)11(2)10-18/h4-7,11,14-15H,3,8-10,17H2,1-2H3. The second kappa shape index (κ2) is 5.81. The lowest BCUT2D eigenvalue weighted by Crippen LogP contribution is -2.47. The molecule has 0 aliphatic carbocycles. The Kier molecular flexibility index (Phi) is 4.36. The van der Waals surface area contributed by atoms with Gasteiger partial charge in [-0.25, -0.2) is 4.39 Å². The molecule has 100 valence electrons. The fourth-order valence-electron chi connectivity index (χ4n) is 2.90. The molecule has 0 radical (unpaired) electrons. The molecule has 0 bridgehead atoms. The molecule has 3 unspecified atom stereocenters. The normalized spacial score (nSPS) is 27.1. The molecular formula is C15H23FN2. The first-order valence-corrected chi connectivity index (χ1v) is 6.87. The number of nitrogens with two attached hydrogens (primary N) is 1. The number of hydrogen-bond acceptors (Lipinski definition) is 2. The van der Waals surface area contributed by atoms with Crippen LogP contribution in [0.15, 0.2) is 24.3 Å². The van der Waals surface area contributed by atoms with Crippen LogP contribution >= 0.6 is 0 Å². The van der Waals surface area contributed by atoms with Gasteiger partial charge in [-0.15, -0.1) is 0 Å². The van der Waals surface area contributed by atoms with Gasteiger partial charge in [0.25, 0.3) is 0 Å². The van der Waals surface area contributed by atoms with Crippen molar-refractivity contribution in [3.8, 4) is 0 Å². The molecule has 0 saturated carbocycles. The molecule has 3 atom stereocenters. The van der Waals surface area contributed by atoms with Gasteiger partial charge in [0.05, 0.1) is 0 Å². The third-order valence-electron chi connectivity index (χ3n) is 4.09. The van der Waals surface area contributed by atoms with Gasteiger partial charge in [0.2, 0.25) is 0 Å². The Balaban J connectivity index is 2.17. The van der Waals surface area contributed by atoms with E-state index in [0.29, 0.717) is 12.0 Å². The third-order valence-corrected chi connectivity index (χ3v) is 4.09. The molecule has 1 fully saturated rings. The van der Waals surface area contributed by atoms with Gasteiger partial charge in [-0.2, -0.15) is 0 Å². The largest absolute Gasteiger partial charge is 0.327 e. The molecule has 1 heterocycles. The summed E-state index contributed by atoms with van der Waals surface area (Å²) in [5, 5.41) is 0. The fourth-order valence-corrected chi connectivity index (χ4v) is 2.90. The Labute approximate surface area is 109 Å². The summed E-state index contributed by atoms with van der Waals surface area (Å²) >= 11 is 0. The number of halogens is 1. The summed E-state index contributed by atoms with van der Waals surface area (Å²) in [6, 6.07) is 7.60. The zero-order chi connectivity index (χ0) is 13.1. The van der Waals surface area contributed by atoms with Crippen molar-refractivity contribution in [2.75, 3.05) is 13.1 Å². The minimum Gasteiger partial charge on any atom is -0.327 e. The molecule has 1 aliphatic rings. The Hall–Kier alpha value is -0.930. The molecular weight excluding hydrogens is 227 g/mol. The number of likely N-dealkylation sites (tertiary alicyclic amines) is 1. The first kappa shape index (κ1) is 13.5. The van der Waals surface area contributed by atoms with E-state index in [4.69, 9.17) is 5.73 Å². The van der Waals surface area contributed by atoms with Gasteiger partial charge < -0.3 is 5.73 Å². The molecule has 1 aromatic carbocycles. The van der Waals surface area contributed by atoms with Crippen molar-refractivity contribution in [3.63, 3.8) is 0 Å². The predicted octanol–water partition coefficient (Wildman–Crippen LogP) is 2.95. The Morgan fingerprint density at radius 2 is 2.17 bits per heavy atom. The van der Waals surface area contributed by atoms with Crippen LogP contribution in [0.1, 0.15) is 38.3 Å². The van der Waals surface area contributed by atoms with Crippen LogP contribution in [0, 0.1) is 11.7 Å². The van der Waals surface area contributed by atoms with Crippen LogP contribution in [-0.2, 0) is 0 Å². The van der Waals surface area contributed by atoms with Crippen LogP contribution in [0.2, 0.25) is 0 Å². The molecule has 2 rings (SSSR count). The van der Waals surface area contributed by atoms with Gasteiger partial charge in [-0.05, 0) is 24.8 Å². The van der Waals surface area contributed by atoms with Crippen molar-refractivity contribution in [2.24, 2.45) is 11.7 Å². The maximum Gasteiger partial charge on any atom is 0.127 e. The Morgan fingerprint density at radius 3 is 2.78 bits per heavy atom. The van der Waals surface area contributed by atoms with Gasteiger partial charge in [0.15, 0.2) is 0 Å². The number of hydrogen-bond donors (Lipinski definition) is 1. The van der Waals surface area contributed by atoms with E-state index < -0.39 is 0 Å². The third kappa shape index (κ3) is 2.73. The van der Waals surface area contributed by atoms with Crippen LogP contribution < -0.4 is 5.73 Å². The van der Waals surface area contributed by atoms with Crippen molar-refractivity contribution >= 4 is 0 Å². The quantitative estimate of drug-likeness (QED) is 0.893. The monoisotopic (exact) mass is 250 g/mol. The smallest absolute Gasteiger partial charge is 0.127 e. The molecule has 2 N–H and O–H groups in total. The van der Waals surface area contributed by atoms with Crippen LogP contribution in [0.25, 0.3) is 0 Å². The summed E-state index contributed by atoms with van der Waals surface area (Å²) in [4.78, 5) is 2.38. The van der Waals surface area contributed by atoms with Gasteiger partial charge >= 0.3 is 0 Å². The predicted molar refractivity (Wildman–Crippen MR) is 72.8 cm³/mol. The van der Waals surface area contributed by atoms with Crippen LogP contribution in [0.4, 0.5) is 4.39 Å². The zero-order valence-corrected chi connectivity index (χ0v) is 11.3. The molecule has 1 aliphatic heterocycles. The molecule has 1 aromatic rings. The average Bonchev–Trinajstić information content (AvgIpc) is 2.37. The number of benzene rings is 1. The van der Waals surface area contributed by atoms with E-state index in [9.17, 15) is 4.39 Å². The number of rotatable bonds is 3. The molecule has 0 amide bonds. The summed E-state index contributed by atoms with van der Waals surface area (Å²) in [5.41, 5.74) is 6.87. The van der Waals surface area contributed by atoms with E-state index in [0.717, 1.165) is 31.5 Å². The number of piperidine rings is 1. The average molecular weight is 250 g/mol. The van der Waals surface area contributed by atoms with Crippen molar-refractivity contribution in [3.05, 3.63) is 35.6 Å². The van der Waals surface area contributed by atoms with Crippen molar-refractivity contribution < 1.29 is 4.39 Å². The lowest BCUT2D eigenvalue weighted by atomic mass is 9.91. The van der Waals surface area contributed by atoms with Crippen LogP contribution in [0.5, 0.6) is 0 Å². The lowest BCUT2D eigenvalue weighted by Gasteiger charge is -2.40. The first-order valence-electron chi connectivity index (χ1n) is 6.87. The zero-order valence-electron chi connectivity index (χ0n) is 11.3. The van der Waals surface area contributed by atoms with E-state index in [1.165, 1.54) is 0 Å². The molecule has 3 heteroatoms. The van der Waals surface area contributed by atoms with E-state index in [2.05, 4.69) is 18.7 Å². The molecule has 1 saturated heterocycles. The molecule has 2 nitrogen and oxygen atoms in total. The summed E-state index contributed by atoms with van der Waals surface area (Å²) in [5.74, 6) is 0.395. The minimum absolute atomic E-state index is 0.0909. The Morgan fingerprint density at radius 1 is 1.44 bits per heavy atom. The van der Waals surface area contributed by atoms with Gasteiger partial charge in [0.1, 0.15) is 5.82 Å². The van der Waals surface area contributed by atoms with Gasteiger partial charge in [-0.3, -0.25) is 4.90 Å². The van der Waals surface area contributed by atoms with Gasteiger partial charge in [0, 0.05) is 30.7 Å². The maximum absolute atomic E-state index is 13.9. The highest BCUT2D eigenvalue weighted by atomic mass is 19.1. The highest BCUT2D eigenvalue weighted by Gasteiger charge is 2.29. The molecule has 18 heavy (non-hydrogen) atoms. The number of nitrogens with zero attached hydrogens (tertiary/aromatic N) is 1. The van der Waals surface area contributed by atoms with E-state index in [-0.39, 0.29) is 11.9 Å². The van der Waals surface area contributed by atoms with Crippen LogP contribution in [-0.4, -0.2) is 24.0 Å². The topological polar surface area (TPSA) is 29.3 Å². The van der Waals surface area contributed by atoms with E-state index in [1.54, 1.807) is 12.1 Å². The summed E-state index contributed by atoms with van der Waals surface area (Å²) in [7, 11) is 0. The summed E-state index contributed by atoms with van der Waals surface area (Å²) in [6.45, 7) is 6.24. The van der Waals surface area contributed by atoms with Crippen molar-refractivity contribution in [2.45, 2.75) is 38.8 Å². The van der Waals surface area contributed by atoms with Crippen molar-refractivity contribution in [1.82, 2.24) is 4.90 Å². The highest BCUT2D eigenvalue weighted by Crippen LogP contribution is 2.30. The molecule has 0 aromatic heterocycles. The lowest BCUT2D eigenvalue weighted by molar-refractivity contribution is 0.111. The molecule has 0 spiro atoms.